The number of hydrogen-bond acceptors (Lipinski definition) is 4. The Morgan fingerprint density at radius 1 is 1.18 bits per heavy atom. The van der Waals surface area contributed by atoms with Crippen molar-refractivity contribution in [2.45, 2.75) is 45.6 Å². The van der Waals surface area contributed by atoms with E-state index in [1.54, 1.807) is 6.33 Å². The monoisotopic (exact) mass is 296 g/mol. The lowest BCUT2D eigenvalue weighted by Crippen LogP contribution is -2.39. The lowest BCUT2D eigenvalue weighted by atomic mass is 10.0. The van der Waals surface area contributed by atoms with Gasteiger partial charge in [0.2, 0.25) is 0 Å². The Hall–Kier alpha value is -2.10. The number of aryl methyl sites for hydroxylation is 1. The summed E-state index contributed by atoms with van der Waals surface area (Å²) < 4.78 is 0. The Morgan fingerprint density at radius 3 is 2.77 bits per heavy atom. The van der Waals surface area contributed by atoms with Crippen molar-refractivity contribution in [3.8, 4) is 0 Å². The van der Waals surface area contributed by atoms with Crippen LogP contribution in [0.1, 0.15) is 38.2 Å². The largest absolute Gasteiger partial charge is 0.353 e. The van der Waals surface area contributed by atoms with Crippen LogP contribution in [0, 0.1) is 6.92 Å². The zero-order chi connectivity index (χ0) is 15.4. The van der Waals surface area contributed by atoms with Crippen LogP contribution in [-0.4, -0.2) is 22.6 Å². The van der Waals surface area contributed by atoms with Gasteiger partial charge in [-0.15, -0.1) is 0 Å². The zero-order valence-electron chi connectivity index (χ0n) is 13.4. The van der Waals surface area contributed by atoms with Crippen molar-refractivity contribution in [3.05, 3.63) is 42.2 Å². The van der Waals surface area contributed by atoms with Crippen LogP contribution in [0.2, 0.25) is 0 Å². The van der Waals surface area contributed by atoms with Gasteiger partial charge >= 0.3 is 0 Å². The van der Waals surface area contributed by atoms with E-state index in [0.29, 0.717) is 6.04 Å². The second-order valence-electron chi connectivity index (χ2n) is 6.00. The summed E-state index contributed by atoms with van der Waals surface area (Å²) in [5.41, 5.74) is 2.31. The number of aromatic nitrogens is 2. The van der Waals surface area contributed by atoms with E-state index in [2.05, 4.69) is 64.4 Å². The van der Waals surface area contributed by atoms with Crippen molar-refractivity contribution in [1.29, 1.82) is 0 Å². The highest BCUT2D eigenvalue weighted by molar-refractivity contribution is 5.59. The molecule has 1 saturated heterocycles. The molecule has 1 aromatic carbocycles. The minimum Gasteiger partial charge on any atom is -0.353 e. The van der Waals surface area contributed by atoms with Gasteiger partial charge in [-0.1, -0.05) is 24.6 Å². The maximum Gasteiger partial charge on any atom is 0.135 e. The molecule has 4 heteroatoms. The lowest BCUT2D eigenvalue weighted by molar-refractivity contribution is 0.446. The highest BCUT2D eigenvalue weighted by atomic mass is 15.2. The van der Waals surface area contributed by atoms with Gasteiger partial charge < -0.3 is 10.2 Å². The Bertz CT molecular complexity index is 609. The summed E-state index contributed by atoms with van der Waals surface area (Å²) in [4.78, 5) is 11.3. The molecule has 1 N–H and O–H groups in total. The van der Waals surface area contributed by atoms with Crippen LogP contribution >= 0.6 is 0 Å². The highest BCUT2D eigenvalue weighted by Gasteiger charge is 2.22. The van der Waals surface area contributed by atoms with Crippen LogP contribution < -0.4 is 10.2 Å². The van der Waals surface area contributed by atoms with Gasteiger partial charge in [0.25, 0.3) is 0 Å². The number of rotatable bonds is 4. The normalized spacial score (nSPS) is 18.3. The van der Waals surface area contributed by atoms with E-state index in [1.165, 1.54) is 31.2 Å². The van der Waals surface area contributed by atoms with Crippen LogP contribution in [0.3, 0.4) is 0 Å². The molecule has 0 bridgehead atoms. The van der Waals surface area contributed by atoms with Crippen LogP contribution in [0.4, 0.5) is 17.3 Å². The van der Waals surface area contributed by atoms with E-state index in [-0.39, 0.29) is 0 Å². The second kappa shape index (κ2) is 6.77. The molecule has 3 rings (SSSR count). The second-order valence-corrected chi connectivity index (χ2v) is 6.00. The molecule has 0 saturated carbocycles. The molecule has 116 valence electrons. The number of nitrogens with one attached hydrogen (secondary N) is 1. The molecule has 4 nitrogen and oxygen atoms in total. The smallest absolute Gasteiger partial charge is 0.135 e. The molecule has 1 aromatic heterocycles. The van der Waals surface area contributed by atoms with E-state index in [0.717, 1.165) is 23.9 Å². The number of anilines is 3. The summed E-state index contributed by atoms with van der Waals surface area (Å²) in [6.07, 6.45) is 6.68. The fourth-order valence-corrected chi connectivity index (χ4v) is 3.08. The van der Waals surface area contributed by atoms with Crippen molar-refractivity contribution in [2.24, 2.45) is 0 Å². The molecular formula is C18H24N4. The van der Waals surface area contributed by atoms with Crippen LogP contribution in [-0.2, 0) is 0 Å². The number of hydrogen-bond donors (Lipinski definition) is 1. The van der Waals surface area contributed by atoms with Gasteiger partial charge in [0.05, 0.1) is 0 Å². The molecule has 22 heavy (non-hydrogen) atoms. The Labute approximate surface area is 132 Å². The van der Waals surface area contributed by atoms with Crippen LogP contribution in [0.5, 0.6) is 0 Å². The quantitative estimate of drug-likeness (QED) is 0.913. The average molecular weight is 296 g/mol. The molecule has 0 radical (unpaired) electrons. The highest BCUT2D eigenvalue weighted by Crippen LogP contribution is 2.26. The Balaban J connectivity index is 1.78. The van der Waals surface area contributed by atoms with Gasteiger partial charge in [-0.3, -0.25) is 0 Å². The summed E-state index contributed by atoms with van der Waals surface area (Å²) in [6, 6.07) is 11.0. The maximum absolute atomic E-state index is 4.49. The van der Waals surface area contributed by atoms with E-state index in [4.69, 9.17) is 0 Å². The number of nitrogens with zero attached hydrogens (tertiary/aromatic N) is 3. The van der Waals surface area contributed by atoms with E-state index in [1.807, 2.05) is 0 Å². The fourth-order valence-electron chi connectivity index (χ4n) is 3.08. The zero-order valence-corrected chi connectivity index (χ0v) is 13.4. The molecule has 1 fully saturated rings. The van der Waals surface area contributed by atoms with E-state index >= 15 is 0 Å². The first kappa shape index (κ1) is 14.8. The standard InChI is InChI=1S/C18H24N4/c1-3-16-6-4-5-11-22(16)18-12-17(19-13-20-18)21-15-9-7-14(2)8-10-15/h7-10,12-13,16H,3-6,11H2,1-2H3,(H,19,20,21). The lowest BCUT2D eigenvalue weighted by Gasteiger charge is -2.36. The minimum atomic E-state index is 0.607. The fraction of sp³-hybridized carbons (Fsp3) is 0.444. The van der Waals surface area contributed by atoms with Crippen molar-refractivity contribution < 1.29 is 0 Å². The summed E-state index contributed by atoms with van der Waals surface area (Å²) in [5.74, 6) is 1.89. The molecule has 1 atom stereocenters. The first-order valence-corrected chi connectivity index (χ1v) is 8.18. The first-order chi connectivity index (χ1) is 10.8. The molecule has 1 aliphatic heterocycles. The maximum atomic E-state index is 4.49. The van der Waals surface area contributed by atoms with Crippen LogP contribution in [0.25, 0.3) is 0 Å². The van der Waals surface area contributed by atoms with E-state index in [9.17, 15) is 0 Å². The molecule has 2 heterocycles. The van der Waals surface area contributed by atoms with Crippen LogP contribution in [0.15, 0.2) is 36.7 Å². The van der Waals surface area contributed by atoms with Gasteiger partial charge in [0.1, 0.15) is 18.0 Å². The van der Waals surface area contributed by atoms with E-state index < -0.39 is 0 Å². The van der Waals surface area contributed by atoms with Gasteiger partial charge in [-0.25, -0.2) is 9.97 Å². The van der Waals surface area contributed by atoms with Crippen molar-refractivity contribution in [2.75, 3.05) is 16.8 Å². The molecule has 0 spiro atoms. The first-order valence-electron chi connectivity index (χ1n) is 8.18. The van der Waals surface area contributed by atoms with Crippen molar-refractivity contribution >= 4 is 17.3 Å². The molecular weight excluding hydrogens is 272 g/mol. The van der Waals surface area contributed by atoms with Gasteiger partial charge in [0, 0.05) is 24.3 Å². The number of benzene rings is 1. The van der Waals surface area contributed by atoms with Gasteiger partial charge in [0.15, 0.2) is 0 Å². The molecule has 1 unspecified atom stereocenters. The third-order valence-corrected chi connectivity index (χ3v) is 4.37. The van der Waals surface area contributed by atoms with Crippen molar-refractivity contribution in [1.82, 2.24) is 9.97 Å². The third kappa shape index (κ3) is 3.38. The minimum absolute atomic E-state index is 0.607. The number of piperidine rings is 1. The summed E-state index contributed by atoms with van der Waals surface area (Å²) >= 11 is 0. The Morgan fingerprint density at radius 2 is 2.00 bits per heavy atom. The predicted molar refractivity (Wildman–Crippen MR) is 91.8 cm³/mol. The Kier molecular flexibility index (Phi) is 4.56. The third-order valence-electron chi connectivity index (χ3n) is 4.37. The SMILES string of the molecule is CCC1CCCCN1c1cc(Nc2ccc(C)cc2)ncn1. The molecule has 0 aliphatic carbocycles. The summed E-state index contributed by atoms with van der Waals surface area (Å²) in [7, 11) is 0. The summed E-state index contributed by atoms with van der Waals surface area (Å²) in [5, 5.41) is 3.37. The van der Waals surface area contributed by atoms with Gasteiger partial charge in [-0.2, -0.15) is 0 Å². The topological polar surface area (TPSA) is 41.0 Å². The molecule has 2 aromatic rings. The molecule has 1 aliphatic rings. The van der Waals surface area contributed by atoms with Gasteiger partial charge in [-0.05, 0) is 44.7 Å². The molecule has 0 amide bonds. The average Bonchev–Trinajstić information content (AvgIpc) is 2.57. The summed E-state index contributed by atoms with van der Waals surface area (Å²) in [6.45, 7) is 5.45. The predicted octanol–water partition coefficient (Wildman–Crippen LogP) is 4.30. The van der Waals surface area contributed by atoms with Crippen molar-refractivity contribution in [3.63, 3.8) is 0 Å².